The lowest BCUT2D eigenvalue weighted by Crippen LogP contribution is -2.30. The van der Waals surface area contributed by atoms with E-state index in [0.717, 1.165) is 17.7 Å². The molecule has 0 aliphatic rings. The monoisotopic (exact) mass is 194 g/mol. The van der Waals surface area contributed by atoms with Crippen LogP contribution in [0.2, 0.25) is 0 Å². The van der Waals surface area contributed by atoms with Crippen molar-refractivity contribution in [1.29, 1.82) is 0 Å². The highest BCUT2D eigenvalue weighted by molar-refractivity contribution is 5.94. The maximum Gasteiger partial charge on any atom is 0.265 e. The minimum atomic E-state index is -0.289. The highest BCUT2D eigenvalue weighted by Crippen LogP contribution is 2.20. The molecule has 0 atom stereocenters. The first kappa shape index (κ1) is 10.5. The molecule has 1 rings (SSSR count). The van der Waals surface area contributed by atoms with Gasteiger partial charge in [-0.2, -0.15) is 0 Å². The second-order valence-electron chi connectivity index (χ2n) is 2.85. The maximum atomic E-state index is 11.2. The highest BCUT2D eigenvalue weighted by atomic mass is 16.5. The van der Waals surface area contributed by atoms with Gasteiger partial charge in [0.1, 0.15) is 5.75 Å². The predicted octanol–water partition coefficient (Wildman–Crippen LogP) is 0.861. The van der Waals surface area contributed by atoms with E-state index in [2.05, 4.69) is 5.43 Å². The number of carbonyl (C=O) groups is 1. The topological polar surface area (TPSA) is 64.4 Å². The summed E-state index contributed by atoms with van der Waals surface area (Å²) in [6, 6.07) is 5.23. The van der Waals surface area contributed by atoms with E-state index in [9.17, 15) is 4.79 Å². The molecule has 0 spiro atoms. The van der Waals surface area contributed by atoms with E-state index in [1.165, 1.54) is 0 Å². The number of hydrogen-bond acceptors (Lipinski definition) is 3. The summed E-state index contributed by atoms with van der Waals surface area (Å²) in [7, 11) is 1.61. The lowest BCUT2D eigenvalue weighted by Gasteiger charge is -2.08. The lowest BCUT2D eigenvalue weighted by molar-refractivity contribution is 0.0953. The summed E-state index contributed by atoms with van der Waals surface area (Å²) in [6.45, 7) is 2.00. The Balaban J connectivity index is 3.07. The lowest BCUT2D eigenvalue weighted by atomic mass is 10.1. The van der Waals surface area contributed by atoms with Gasteiger partial charge in [0.2, 0.25) is 0 Å². The fourth-order valence-corrected chi connectivity index (χ4v) is 1.28. The molecule has 4 nitrogen and oxygen atoms in total. The van der Waals surface area contributed by atoms with Crippen LogP contribution in [0.5, 0.6) is 5.75 Å². The summed E-state index contributed by atoms with van der Waals surface area (Å²) in [5.74, 6) is 5.54. The minimum absolute atomic E-state index is 0.289. The molecule has 0 aromatic heterocycles. The first-order valence-electron chi connectivity index (χ1n) is 4.40. The zero-order valence-corrected chi connectivity index (χ0v) is 8.33. The van der Waals surface area contributed by atoms with Gasteiger partial charge in [-0.1, -0.05) is 6.92 Å². The molecular formula is C10H14N2O2. The Hall–Kier alpha value is -1.55. The van der Waals surface area contributed by atoms with Crippen molar-refractivity contribution in [2.75, 3.05) is 7.11 Å². The first-order chi connectivity index (χ1) is 6.72. The van der Waals surface area contributed by atoms with E-state index in [4.69, 9.17) is 10.6 Å². The van der Waals surface area contributed by atoms with Crippen LogP contribution in [0.3, 0.4) is 0 Å². The summed E-state index contributed by atoms with van der Waals surface area (Å²) in [4.78, 5) is 11.2. The zero-order chi connectivity index (χ0) is 10.6. The van der Waals surface area contributed by atoms with Gasteiger partial charge in [-0.15, -0.1) is 0 Å². The number of nitrogens with one attached hydrogen (secondary N) is 1. The number of hydrazine groups is 1. The van der Waals surface area contributed by atoms with Gasteiger partial charge in [0.25, 0.3) is 5.91 Å². The van der Waals surface area contributed by atoms with Gasteiger partial charge in [-0.05, 0) is 30.2 Å². The van der Waals surface area contributed by atoms with Crippen LogP contribution < -0.4 is 16.0 Å². The Bertz CT molecular complexity index is 337. The van der Waals surface area contributed by atoms with Crippen LogP contribution in [0.15, 0.2) is 18.2 Å². The van der Waals surface area contributed by atoms with Gasteiger partial charge in [-0.3, -0.25) is 10.2 Å². The highest BCUT2D eigenvalue weighted by Gasteiger charge is 2.07. The largest absolute Gasteiger partial charge is 0.496 e. The van der Waals surface area contributed by atoms with Gasteiger partial charge < -0.3 is 4.74 Å². The van der Waals surface area contributed by atoms with Crippen LogP contribution in [0.1, 0.15) is 22.8 Å². The Morgan fingerprint density at radius 1 is 1.57 bits per heavy atom. The molecule has 0 heterocycles. The molecule has 0 fully saturated rings. The van der Waals surface area contributed by atoms with Crippen LogP contribution >= 0.6 is 0 Å². The van der Waals surface area contributed by atoms with Gasteiger partial charge in [0.15, 0.2) is 0 Å². The second-order valence-corrected chi connectivity index (χ2v) is 2.85. The normalized spacial score (nSPS) is 9.64. The summed E-state index contributed by atoms with van der Waals surface area (Å²) in [6.07, 6.45) is 0.814. The number of rotatable bonds is 3. The van der Waals surface area contributed by atoms with Crippen molar-refractivity contribution >= 4 is 5.91 Å². The fourth-order valence-electron chi connectivity index (χ4n) is 1.28. The van der Waals surface area contributed by atoms with E-state index in [-0.39, 0.29) is 5.91 Å². The molecule has 0 saturated carbocycles. The molecule has 4 heteroatoms. The van der Waals surface area contributed by atoms with E-state index in [0.29, 0.717) is 5.56 Å². The average molecular weight is 194 g/mol. The third-order valence-electron chi connectivity index (χ3n) is 2.05. The molecule has 0 bridgehead atoms. The minimum Gasteiger partial charge on any atom is -0.496 e. The van der Waals surface area contributed by atoms with Crippen molar-refractivity contribution in [2.24, 2.45) is 5.84 Å². The molecule has 0 saturated heterocycles. The number of methoxy groups -OCH3 is 1. The van der Waals surface area contributed by atoms with Crippen molar-refractivity contribution in [2.45, 2.75) is 13.3 Å². The maximum absolute atomic E-state index is 11.2. The number of nitrogens with two attached hydrogens (primary N) is 1. The number of hydrogen-bond donors (Lipinski definition) is 2. The van der Waals surface area contributed by atoms with E-state index in [1.54, 1.807) is 25.3 Å². The molecule has 14 heavy (non-hydrogen) atoms. The van der Waals surface area contributed by atoms with Crippen LogP contribution in [0, 0.1) is 0 Å². The number of aryl methyl sites for hydroxylation is 1. The number of carbonyl (C=O) groups excluding carboxylic acids is 1. The van der Waals surface area contributed by atoms with Crippen LogP contribution in [0.4, 0.5) is 0 Å². The van der Waals surface area contributed by atoms with Gasteiger partial charge in [-0.25, -0.2) is 5.84 Å². The molecule has 0 aliphatic heterocycles. The summed E-state index contributed by atoms with van der Waals surface area (Å²) < 4.78 is 5.14. The molecule has 0 aliphatic carbocycles. The fraction of sp³-hybridized carbons (Fsp3) is 0.300. The predicted molar refractivity (Wildman–Crippen MR) is 54.0 cm³/mol. The Kier molecular flexibility index (Phi) is 3.48. The third kappa shape index (κ3) is 2.03. The van der Waals surface area contributed by atoms with Gasteiger partial charge in [0, 0.05) is 5.56 Å². The molecule has 0 unspecified atom stereocenters. The van der Waals surface area contributed by atoms with Crippen molar-refractivity contribution in [3.8, 4) is 5.75 Å². The zero-order valence-electron chi connectivity index (χ0n) is 8.33. The van der Waals surface area contributed by atoms with Crippen LogP contribution in [-0.4, -0.2) is 13.0 Å². The van der Waals surface area contributed by atoms with Crippen molar-refractivity contribution in [3.63, 3.8) is 0 Å². The van der Waals surface area contributed by atoms with Gasteiger partial charge in [0.05, 0.1) is 7.11 Å². The summed E-state index contributed by atoms with van der Waals surface area (Å²) in [5.41, 5.74) is 3.63. The first-order valence-corrected chi connectivity index (χ1v) is 4.40. The van der Waals surface area contributed by atoms with Crippen LogP contribution in [0.25, 0.3) is 0 Å². The van der Waals surface area contributed by atoms with E-state index in [1.807, 2.05) is 6.92 Å². The molecule has 1 aromatic rings. The van der Waals surface area contributed by atoms with Gasteiger partial charge >= 0.3 is 0 Å². The summed E-state index contributed by atoms with van der Waals surface area (Å²) in [5, 5.41) is 0. The molecule has 0 radical (unpaired) electrons. The number of amides is 1. The Morgan fingerprint density at radius 2 is 2.29 bits per heavy atom. The molecule has 76 valence electrons. The SMILES string of the molecule is CCc1cc(C(=O)NN)ccc1OC. The third-order valence-corrected chi connectivity index (χ3v) is 2.05. The van der Waals surface area contributed by atoms with Crippen molar-refractivity contribution < 1.29 is 9.53 Å². The smallest absolute Gasteiger partial charge is 0.265 e. The summed E-state index contributed by atoms with van der Waals surface area (Å²) >= 11 is 0. The number of nitrogen functional groups attached to an aromatic ring is 1. The molecular weight excluding hydrogens is 180 g/mol. The standard InChI is InChI=1S/C10H14N2O2/c1-3-7-6-8(10(13)12-11)4-5-9(7)14-2/h4-6H,3,11H2,1-2H3,(H,12,13). The number of benzene rings is 1. The quantitative estimate of drug-likeness (QED) is 0.426. The van der Waals surface area contributed by atoms with Crippen molar-refractivity contribution in [3.05, 3.63) is 29.3 Å². The molecule has 1 aromatic carbocycles. The Morgan fingerprint density at radius 3 is 2.79 bits per heavy atom. The second kappa shape index (κ2) is 4.62. The van der Waals surface area contributed by atoms with Crippen molar-refractivity contribution in [1.82, 2.24) is 5.43 Å². The van der Waals surface area contributed by atoms with E-state index >= 15 is 0 Å². The number of ether oxygens (including phenoxy) is 1. The van der Waals surface area contributed by atoms with Crippen LogP contribution in [-0.2, 0) is 6.42 Å². The Labute approximate surface area is 83.0 Å². The molecule has 3 N–H and O–H groups in total. The average Bonchev–Trinajstić information content (AvgIpc) is 2.26. The van der Waals surface area contributed by atoms with E-state index < -0.39 is 0 Å². The molecule has 1 amide bonds.